The van der Waals surface area contributed by atoms with Gasteiger partial charge in [-0.15, -0.1) is 11.6 Å². The quantitative estimate of drug-likeness (QED) is 0.189. The van der Waals surface area contributed by atoms with Crippen LogP contribution in [0, 0.1) is 23.5 Å². The molecular weight excluding hydrogens is 632 g/mol. The van der Waals surface area contributed by atoms with Crippen molar-refractivity contribution in [2.75, 3.05) is 0 Å². The summed E-state index contributed by atoms with van der Waals surface area (Å²) < 4.78 is 2.17. The first-order valence-corrected chi connectivity index (χ1v) is 18.6. The Morgan fingerprint density at radius 1 is 0.848 bits per heavy atom. The molecule has 7 rings (SSSR count). The van der Waals surface area contributed by atoms with Gasteiger partial charge in [0.1, 0.15) is 0 Å². The van der Waals surface area contributed by atoms with Gasteiger partial charge in [0.25, 0.3) is 0 Å². The molecule has 0 N–H and O–H groups in total. The Balaban J connectivity index is 0.000000165. The van der Waals surface area contributed by atoms with Gasteiger partial charge in [0.2, 0.25) is 0 Å². The van der Waals surface area contributed by atoms with E-state index in [4.69, 9.17) is 0 Å². The van der Waals surface area contributed by atoms with Gasteiger partial charge in [-0.05, 0) is 58.4 Å². The molecule has 4 aliphatic rings. The van der Waals surface area contributed by atoms with Crippen molar-refractivity contribution in [2.24, 2.45) is 11.3 Å². The second-order valence-electron chi connectivity index (χ2n) is 15.6. The van der Waals surface area contributed by atoms with Crippen LogP contribution in [0.15, 0.2) is 77.9 Å². The Kier molecular flexibility index (Phi) is 9.89. The summed E-state index contributed by atoms with van der Waals surface area (Å²) in [5.74, 6) is 0.573. The van der Waals surface area contributed by atoms with Crippen molar-refractivity contribution in [2.45, 2.75) is 106 Å². The molecule has 0 saturated heterocycles. The van der Waals surface area contributed by atoms with E-state index < -0.39 is 0 Å². The van der Waals surface area contributed by atoms with E-state index in [2.05, 4.69) is 153 Å². The SMILES string of the molecule is CC1=[C-]C(C)(C)c2cc3c(cc21)-c1cc2c(cc1C3)C(C)(C)C=C2C.CCC1=[C-]C(CC)C=C1C(C)(C)C.[Zr+2]=[CH]c1ccccc1. The van der Waals surface area contributed by atoms with Crippen LogP contribution in [-0.4, -0.2) is 3.71 Å². The van der Waals surface area contributed by atoms with Gasteiger partial charge < -0.3 is 0 Å². The van der Waals surface area contributed by atoms with Crippen molar-refractivity contribution in [3.05, 3.63) is 129 Å². The molecule has 0 radical (unpaired) electrons. The molecule has 0 heterocycles. The summed E-state index contributed by atoms with van der Waals surface area (Å²) in [5.41, 5.74) is 19.1. The molecule has 1 atom stereocenters. The van der Waals surface area contributed by atoms with Crippen LogP contribution in [0.2, 0.25) is 0 Å². The van der Waals surface area contributed by atoms with Crippen LogP contribution in [0.25, 0.3) is 22.3 Å². The predicted molar refractivity (Wildman–Crippen MR) is 197 cm³/mol. The molecule has 4 aliphatic carbocycles. The third kappa shape index (κ3) is 6.83. The fourth-order valence-electron chi connectivity index (χ4n) is 7.68. The van der Waals surface area contributed by atoms with E-state index in [9.17, 15) is 0 Å². The molecule has 0 nitrogen and oxygen atoms in total. The molecule has 236 valence electrons. The second-order valence-corrected chi connectivity index (χ2v) is 16.3. The maximum atomic E-state index is 3.65. The second kappa shape index (κ2) is 13.1. The average Bonchev–Trinajstić information content (AvgIpc) is 3.72. The first-order valence-electron chi connectivity index (χ1n) is 17.2. The van der Waals surface area contributed by atoms with Gasteiger partial charge in [-0.25, -0.2) is 11.1 Å². The topological polar surface area (TPSA) is 0 Å². The molecule has 3 aromatic carbocycles. The Hall–Kier alpha value is -2.63. The van der Waals surface area contributed by atoms with Crippen LogP contribution in [0.4, 0.5) is 0 Å². The van der Waals surface area contributed by atoms with E-state index in [1.807, 2.05) is 6.07 Å². The Morgan fingerprint density at radius 3 is 1.98 bits per heavy atom. The molecule has 46 heavy (non-hydrogen) atoms. The third-order valence-corrected chi connectivity index (χ3v) is 10.9. The zero-order chi connectivity index (χ0) is 33.6. The predicted octanol–water partition coefficient (Wildman–Crippen LogP) is 12.0. The molecule has 0 aromatic heterocycles. The van der Waals surface area contributed by atoms with E-state index >= 15 is 0 Å². The fourth-order valence-corrected chi connectivity index (χ4v) is 8.16. The Labute approximate surface area is 295 Å². The molecule has 0 amide bonds. The van der Waals surface area contributed by atoms with E-state index in [-0.39, 0.29) is 10.8 Å². The van der Waals surface area contributed by atoms with Crippen LogP contribution < -0.4 is 0 Å². The first kappa shape index (κ1) is 34.7. The van der Waals surface area contributed by atoms with Gasteiger partial charge in [-0.2, -0.15) is 17.2 Å². The summed E-state index contributed by atoms with van der Waals surface area (Å²) in [6.07, 6.45) is 15.4. The van der Waals surface area contributed by atoms with Crippen molar-refractivity contribution < 1.29 is 24.2 Å². The van der Waals surface area contributed by atoms with Gasteiger partial charge in [0.15, 0.2) is 0 Å². The molecule has 0 fully saturated rings. The van der Waals surface area contributed by atoms with Crippen LogP contribution in [0.1, 0.15) is 128 Å². The summed E-state index contributed by atoms with van der Waals surface area (Å²) >= 11 is 1.46. The number of rotatable bonds is 3. The van der Waals surface area contributed by atoms with Gasteiger partial charge in [-0.1, -0.05) is 117 Å². The Bertz CT molecular complexity index is 1690. The minimum atomic E-state index is 0.0340. The van der Waals surface area contributed by atoms with E-state index in [0.717, 1.165) is 12.8 Å². The molecule has 0 aliphatic heterocycles. The number of benzene rings is 3. The molecular formula is C45H52Zr. The zero-order valence-corrected chi connectivity index (χ0v) is 32.6. The summed E-state index contributed by atoms with van der Waals surface area (Å²) in [6.45, 7) is 25.0. The molecule has 3 aromatic rings. The van der Waals surface area contributed by atoms with Gasteiger partial charge >= 0.3 is 63.8 Å². The third-order valence-electron chi connectivity index (χ3n) is 10.1. The molecule has 0 bridgehead atoms. The number of fused-ring (bicyclic) bond motifs is 5. The van der Waals surface area contributed by atoms with Gasteiger partial charge in [0.05, 0.1) is 0 Å². The van der Waals surface area contributed by atoms with Crippen LogP contribution in [-0.2, 0) is 41.5 Å². The zero-order valence-electron chi connectivity index (χ0n) is 30.1. The standard InChI is InChI=1S/C25H25.C13H21.C7H6.Zr/c1-14-12-24(3,4)22-8-16-7-17-9-23-19(15(2)13-25(23,5)6)11-21(17)20(16)10-18(14)22;1-6-10-8-11(7-2)12(9-10)13(3,4)5;1-7-5-3-2-4-6-7;/h8-12H,7H2,1-6H3;9-10H,6-7H2,1-5H3;1-6H;/q2*-1;;+2. The van der Waals surface area contributed by atoms with Crippen molar-refractivity contribution in [3.63, 3.8) is 0 Å². The number of hydrogen-bond donors (Lipinski definition) is 0. The van der Waals surface area contributed by atoms with Gasteiger partial charge in [0, 0.05) is 5.41 Å². The summed E-state index contributed by atoms with van der Waals surface area (Å²) in [4.78, 5) is 0. The van der Waals surface area contributed by atoms with Crippen LogP contribution in [0.5, 0.6) is 0 Å². The summed E-state index contributed by atoms with van der Waals surface area (Å²) in [6, 6.07) is 20.2. The van der Waals surface area contributed by atoms with Crippen LogP contribution >= 0.6 is 0 Å². The van der Waals surface area contributed by atoms with E-state index in [0.29, 0.717) is 11.3 Å². The van der Waals surface area contributed by atoms with Crippen molar-refractivity contribution in [1.82, 2.24) is 0 Å². The normalized spacial score (nSPS) is 19.2. The van der Waals surface area contributed by atoms with E-state index in [1.54, 1.807) is 0 Å². The van der Waals surface area contributed by atoms with Crippen molar-refractivity contribution in [1.29, 1.82) is 0 Å². The van der Waals surface area contributed by atoms with Gasteiger partial charge in [-0.3, -0.25) is 12.2 Å². The number of allylic oxidation sites excluding steroid dienone is 8. The summed E-state index contributed by atoms with van der Waals surface area (Å²) in [5, 5.41) is 0. The van der Waals surface area contributed by atoms with Crippen LogP contribution in [0.3, 0.4) is 0 Å². The molecule has 1 unspecified atom stereocenters. The van der Waals surface area contributed by atoms with Crippen molar-refractivity contribution >= 4 is 14.9 Å². The molecule has 1 heteroatoms. The molecule has 0 saturated carbocycles. The van der Waals surface area contributed by atoms with Crippen molar-refractivity contribution in [3.8, 4) is 11.1 Å². The summed E-state index contributed by atoms with van der Waals surface area (Å²) in [7, 11) is 0. The Morgan fingerprint density at radius 2 is 1.46 bits per heavy atom. The molecule has 0 spiro atoms. The number of hydrogen-bond acceptors (Lipinski definition) is 0. The minimum absolute atomic E-state index is 0.0340. The monoisotopic (exact) mass is 682 g/mol. The average molecular weight is 684 g/mol. The fraction of sp³-hybridized carbons (Fsp3) is 0.400. The maximum absolute atomic E-state index is 3.65. The van der Waals surface area contributed by atoms with E-state index in [1.165, 1.54) is 103 Å². The first-order chi connectivity index (χ1) is 21.6.